The summed E-state index contributed by atoms with van der Waals surface area (Å²) in [5.74, 6) is -0.285. The first kappa shape index (κ1) is 13.8. The number of carboxylic acid groups (broad SMARTS) is 1. The first-order chi connectivity index (χ1) is 9.55. The molecule has 0 aliphatic carbocycles. The van der Waals surface area contributed by atoms with Gasteiger partial charge < -0.3 is 14.6 Å². The van der Waals surface area contributed by atoms with Gasteiger partial charge in [0.2, 0.25) is 0 Å². The normalized spacial score (nSPS) is 9.85. The lowest BCUT2D eigenvalue weighted by molar-refractivity contribution is 0.0701. The van der Waals surface area contributed by atoms with Crippen molar-refractivity contribution in [1.29, 1.82) is 5.26 Å². The molecule has 1 N–H and O–H groups in total. The van der Waals surface area contributed by atoms with Crippen LogP contribution in [0.4, 0.5) is 0 Å². The quantitative estimate of drug-likeness (QED) is 0.930. The van der Waals surface area contributed by atoms with Crippen molar-refractivity contribution >= 4 is 17.3 Å². The van der Waals surface area contributed by atoms with Crippen molar-refractivity contribution in [2.75, 3.05) is 7.11 Å². The molecule has 1 aromatic heterocycles. The molecule has 0 aliphatic heterocycles. The highest BCUT2D eigenvalue weighted by Crippen LogP contribution is 2.35. The minimum atomic E-state index is -1.04. The maximum absolute atomic E-state index is 10.9. The summed E-state index contributed by atoms with van der Waals surface area (Å²) in [4.78, 5) is 15.1. The molecule has 6 nitrogen and oxygen atoms in total. The van der Waals surface area contributed by atoms with Crippen LogP contribution in [-0.4, -0.2) is 23.2 Å². The molecule has 0 atom stereocenters. The van der Waals surface area contributed by atoms with Gasteiger partial charge in [-0.1, -0.05) is 11.3 Å². The lowest BCUT2D eigenvalue weighted by Gasteiger charge is -2.07. The summed E-state index contributed by atoms with van der Waals surface area (Å²) in [5, 5.41) is 18.0. The zero-order valence-electron chi connectivity index (χ0n) is 10.7. The molecule has 0 radical (unpaired) electrons. The molecular weight excluding hydrogens is 280 g/mol. The summed E-state index contributed by atoms with van der Waals surface area (Å²) < 4.78 is 10.7. The van der Waals surface area contributed by atoms with Crippen LogP contribution in [0.25, 0.3) is 0 Å². The van der Waals surface area contributed by atoms with Gasteiger partial charge in [-0.3, -0.25) is 0 Å². The van der Waals surface area contributed by atoms with Gasteiger partial charge in [-0.15, -0.1) is 0 Å². The number of thiazole rings is 1. The third-order valence-corrected chi connectivity index (χ3v) is 3.48. The van der Waals surface area contributed by atoms with Crippen LogP contribution in [0.3, 0.4) is 0 Å². The highest BCUT2D eigenvalue weighted by molar-refractivity contribution is 7.15. The van der Waals surface area contributed by atoms with Gasteiger partial charge in [-0.2, -0.15) is 5.26 Å². The molecule has 0 amide bonds. The van der Waals surface area contributed by atoms with E-state index in [4.69, 9.17) is 19.8 Å². The van der Waals surface area contributed by atoms with Crippen molar-refractivity contribution in [2.24, 2.45) is 0 Å². The van der Waals surface area contributed by atoms with Gasteiger partial charge in [0, 0.05) is 6.07 Å². The summed E-state index contributed by atoms with van der Waals surface area (Å²) in [5.41, 5.74) is 0.834. The lowest BCUT2D eigenvalue weighted by Crippen LogP contribution is -1.94. The van der Waals surface area contributed by atoms with E-state index in [1.54, 1.807) is 19.1 Å². The zero-order chi connectivity index (χ0) is 14.7. The molecule has 7 heteroatoms. The highest BCUT2D eigenvalue weighted by Gasteiger charge is 2.16. The predicted octanol–water partition coefficient (Wildman–Crippen LogP) is 2.82. The third-order valence-electron chi connectivity index (χ3n) is 2.46. The van der Waals surface area contributed by atoms with Crippen molar-refractivity contribution in [2.45, 2.75) is 6.92 Å². The van der Waals surface area contributed by atoms with Crippen LogP contribution in [0.2, 0.25) is 0 Å². The van der Waals surface area contributed by atoms with Gasteiger partial charge in [-0.05, 0) is 19.1 Å². The molecular formula is C13H10N2O4S. The van der Waals surface area contributed by atoms with E-state index >= 15 is 0 Å². The first-order valence-electron chi connectivity index (χ1n) is 5.52. The molecule has 1 heterocycles. The lowest BCUT2D eigenvalue weighted by atomic mass is 10.2. The average molecular weight is 290 g/mol. The molecule has 0 bridgehead atoms. The number of nitrogens with zero attached hydrogens (tertiary/aromatic N) is 2. The van der Waals surface area contributed by atoms with E-state index in [1.807, 2.05) is 6.07 Å². The topological polar surface area (TPSA) is 92.4 Å². The van der Waals surface area contributed by atoms with Crippen molar-refractivity contribution in [1.82, 2.24) is 4.98 Å². The van der Waals surface area contributed by atoms with Crippen LogP contribution in [0.5, 0.6) is 16.7 Å². The Morgan fingerprint density at radius 3 is 2.75 bits per heavy atom. The Bertz CT molecular complexity index is 703. The maximum atomic E-state index is 10.9. The Balaban J connectivity index is 2.33. The van der Waals surface area contributed by atoms with Gasteiger partial charge in [0.25, 0.3) is 5.19 Å². The monoisotopic (exact) mass is 290 g/mol. The number of hydrogen-bond acceptors (Lipinski definition) is 6. The van der Waals surface area contributed by atoms with Crippen molar-refractivity contribution in [3.63, 3.8) is 0 Å². The van der Waals surface area contributed by atoms with Crippen molar-refractivity contribution < 1.29 is 19.4 Å². The number of carboxylic acids is 1. The fourth-order valence-corrected chi connectivity index (χ4v) is 2.30. The molecule has 0 saturated carbocycles. The van der Waals surface area contributed by atoms with Crippen LogP contribution >= 0.6 is 11.3 Å². The van der Waals surface area contributed by atoms with Gasteiger partial charge >= 0.3 is 5.97 Å². The number of aromatic carboxylic acids is 1. The summed E-state index contributed by atoms with van der Waals surface area (Å²) >= 11 is 0.938. The van der Waals surface area contributed by atoms with Gasteiger partial charge in [0.05, 0.1) is 24.4 Å². The fourth-order valence-electron chi connectivity index (χ4n) is 1.53. The number of aryl methyl sites for hydroxylation is 1. The second-order valence-electron chi connectivity index (χ2n) is 3.78. The van der Waals surface area contributed by atoms with Gasteiger partial charge in [-0.25, -0.2) is 9.78 Å². The van der Waals surface area contributed by atoms with Crippen LogP contribution < -0.4 is 9.47 Å². The van der Waals surface area contributed by atoms with E-state index in [-0.39, 0.29) is 10.1 Å². The van der Waals surface area contributed by atoms with Crippen LogP contribution in [-0.2, 0) is 0 Å². The minimum Gasteiger partial charge on any atom is -0.493 e. The number of hydrogen-bond donors (Lipinski definition) is 1. The summed E-state index contributed by atoms with van der Waals surface area (Å²) in [6, 6.07) is 6.69. The Hall–Kier alpha value is -2.59. The number of benzene rings is 1. The number of aromatic nitrogens is 1. The summed E-state index contributed by atoms with van der Waals surface area (Å²) in [6.45, 7) is 1.60. The van der Waals surface area contributed by atoms with E-state index in [1.165, 1.54) is 13.2 Å². The molecule has 2 aromatic rings. The SMILES string of the molecule is COc1cc(C#N)ccc1Oc1nc(C)c(C(=O)O)s1. The summed E-state index contributed by atoms with van der Waals surface area (Å²) in [7, 11) is 1.46. The van der Waals surface area contributed by atoms with E-state index in [9.17, 15) is 4.79 Å². The van der Waals surface area contributed by atoms with Crippen LogP contribution in [0, 0.1) is 18.3 Å². The molecule has 0 unspecified atom stereocenters. The van der Waals surface area contributed by atoms with E-state index in [0.717, 1.165) is 11.3 Å². The number of nitriles is 1. The third kappa shape index (κ3) is 2.70. The molecule has 0 aliphatic rings. The molecule has 0 spiro atoms. The van der Waals surface area contributed by atoms with Crippen LogP contribution in [0.1, 0.15) is 20.9 Å². The van der Waals surface area contributed by atoms with Crippen LogP contribution in [0.15, 0.2) is 18.2 Å². The Morgan fingerprint density at radius 2 is 2.20 bits per heavy atom. The van der Waals surface area contributed by atoms with E-state index < -0.39 is 5.97 Å². The average Bonchev–Trinajstić information content (AvgIpc) is 2.80. The van der Waals surface area contributed by atoms with Crippen molar-refractivity contribution in [3.05, 3.63) is 34.3 Å². The molecule has 2 rings (SSSR count). The van der Waals surface area contributed by atoms with E-state index in [0.29, 0.717) is 22.8 Å². The second-order valence-corrected chi connectivity index (χ2v) is 4.74. The fraction of sp³-hybridized carbons (Fsp3) is 0.154. The molecule has 0 saturated heterocycles. The number of carbonyl (C=O) groups is 1. The smallest absolute Gasteiger partial charge is 0.347 e. The number of ether oxygens (including phenoxy) is 2. The number of rotatable bonds is 4. The number of methoxy groups -OCH3 is 1. The van der Waals surface area contributed by atoms with Gasteiger partial charge in [0.1, 0.15) is 4.88 Å². The largest absolute Gasteiger partial charge is 0.493 e. The highest BCUT2D eigenvalue weighted by atomic mass is 32.1. The predicted molar refractivity (Wildman–Crippen MR) is 71.6 cm³/mol. The first-order valence-corrected chi connectivity index (χ1v) is 6.33. The molecule has 0 fully saturated rings. The van der Waals surface area contributed by atoms with Gasteiger partial charge in [0.15, 0.2) is 11.5 Å². The Kier molecular flexibility index (Phi) is 3.86. The molecule has 20 heavy (non-hydrogen) atoms. The molecule has 102 valence electrons. The summed E-state index contributed by atoms with van der Waals surface area (Å²) in [6.07, 6.45) is 0. The Labute approximate surface area is 118 Å². The van der Waals surface area contributed by atoms with E-state index in [2.05, 4.69) is 4.98 Å². The standard InChI is InChI=1S/C13H10N2O4S/c1-7-11(12(16)17)20-13(15-7)19-9-4-3-8(6-14)5-10(9)18-2/h3-5H,1-2H3,(H,16,17). The Morgan fingerprint density at radius 1 is 1.45 bits per heavy atom. The second kappa shape index (κ2) is 5.59. The van der Waals surface area contributed by atoms with Crippen molar-refractivity contribution in [3.8, 4) is 22.8 Å². The zero-order valence-corrected chi connectivity index (χ0v) is 11.5. The molecule has 1 aromatic carbocycles. The minimum absolute atomic E-state index is 0.132. The maximum Gasteiger partial charge on any atom is 0.347 e.